The highest BCUT2D eigenvalue weighted by Gasteiger charge is 2.39. The van der Waals surface area contributed by atoms with Gasteiger partial charge in [0, 0.05) is 50.9 Å². The number of halogens is 2. The molecule has 7 nitrogen and oxygen atoms in total. The van der Waals surface area contributed by atoms with Gasteiger partial charge in [-0.15, -0.1) is 0 Å². The number of hydrogen-bond acceptors (Lipinski definition) is 5. The lowest BCUT2D eigenvalue weighted by atomic mass is 9.86. The topological polar surface area (TPSA) is 78.7 Å². The summed E-state index contributed by atoms with van der Waals surface area (Å²) in [5.41, 5.74) is 0.00912. The fourth-order valence-electron chi connectivity index (χ4n) is 5.06. The Balaban J connectivity index is 1.48. The van der Waals surface area contributed by atoms with Crippen LogP contribution in [0, 0.1) is 17.6 Å². The van der Waals surface area contributed by atoms with E-state index in [0.29, 0.717) is 25.6 Å². The van der Waals surface area contributed by atoms with E-state index in [1.165, 1.54) is 31.4 Å². The summed E-state index contributed by atoms with van der Waals surface area (Å²) < 4.78 is 32.4. The molecule has 1 aromatic heterocycles. The van der Waals surface area contributed by atoms with Gasteiger partial charge in [-0.25, -0.2) is 8.78 Å². The molecule has 1 aliphatic carbocycles. The predicted octanol–water partition coefficient (Wildman–Crippen LogP) is 3.85. The fourth-order valence-corrected chi connectivity index (χ4v) is 5.06. The zero-order valence-corrected chi connectivity index (χ0v) is 19.7. The lowest BCUT2D eigenvalue weighted by Gasteiger charge is -2.43. The molecule has 34 heavy (non-hydrogen) atoms. The highest BCUT2D eigenvalue weighted by Crippen LogP contribution is 2.29. The molecular weight excluding hydrogens is 442 g/mol. The number of benzene rings is 1. The molecule has 2 amide bonds. The predicted molar refractivity (Wildman–Crippen MR) is 123 cm³/mol. The van der Waals surface area contributed by atoms with Crippen molar-refractivity contribution < 1.29 is 22.9 Å². The van der Waals surface area contributed by atoms with E-state index >= 15 is 0 Å². The lowest BCUT2D eigenvalue weighted by Crippen LogP contribution is -2.58. The molecule has 2 atom stereocenters. The number of hydrogen-bond donors (Lipinski definition) is 1. The fraction of sp³-hybridized carbons (Fsp3) is 0.560. The third kappa shape index (κ3) is 5.29. The highest BCUT2D eigenvalue weighted by atomic mass is 19.1. The summed E-state index contributed by atoms with van der Waals surface area (Å²) in [6, 6.07) is 4.59. The summed E-state index contributed by atoms with van der Waals surface area (Å²) in [5.74, 6) is -2.29. The van der Waals surface area contributed by atoms with E-state index in [1.807, 2.05) is 6.92 Å². The van der Waals surface area contributed by atoms with E-state index in [0.717, 1.165) is 31.5 Å². The zero-order valence-electron chi connectivity index (χ0n) is 19.7. The van der Waals surface area contributed by atoms with Gasteiger partial charge in [-0.1, -0.05) is 24.4 Å². The first-order chi connectivity index (χ1) is 16.4. The Kier molecular flexibility index (Phi) is 7.60. The van der Waals surface area contributed by atoms with E-state index in [4.69, 9.17) is 4.52 Å². The number of rotatable bonds is 6. The second-order valence-corrected chi connectivity index (χ2v) is 9.31. The lowest BCUT2D eigenvalue weighted by molar-refractivity contribution is -0.137. The number of aromatic nitrogens is 1. The van der Waals surface area contributed by atoms with Crippen molar-refractivity contribution in [3.8, 4) is 11.3 Å². The second kappa shape index (κ2) is 10.6. The van der Waals surface area contributed by atoms with Crippen LogP contribution in [-0.2, 0) is 4.79 Å². The van der Waals surface area contributed by atoms with Crippen molar-refractivity contribution in [3.63, 3.8) is 0 Å². The minimum atomic E-state index is -0.800. The zero-order chi connectivity index (χ0) is 24.2. The monoisotopic (exact) mass is 474 g/mol. The molecule has 1 N–H and O–H groups in total. The second-order valence-electron chi connectivity index (χ2n) is 9.31. The summed E-state index contributed by atoms with van der Waals surface area (Å²) >= 11 is 0. The first kappa shape index (κ1) is 24.3. The number of nitrogens with one attached hydrogen (secondary N) is 1. The molecule has 2 fully saturated rings. The Labute approximate surface area is 198 Å². The molecule has 2 heterocycles. The van der Waals surface area contributed by atoms with Crippen molar-refractivity contribution in [2.45, 2.75) is 57.5 Å². The molecule has 1 aromatic carbocycles. The Bertz CT molecular complexity index is 1020. The average molecular weight is 475 g/mol. The van der Waals surface area contributed by atoms with Crippen LogP contribution in [0.5, 0.6) is 0 Å². The number of piperidine rings is 1. The van der Waals surface area contributed by atoms with E-state index in [1.54, 1.807) is 11.9 Å². The Morgan fingerprint density at radius 1 is 1.18 bits per heavy atom. The van der Waals surface area contributed by atoms with Gasteiger partial charge in [-0.2, -0.15) is 0 Å². The average Bonchev–Trinajstić information content (AvgIpc) is 3.34. The molecule has 184 valence electrons. The van der Waals surface area contributed by atoms with Crippen LogP contribution in [0.15, 0.2) is 28.8 Å². The molecule has 1 saturated heterocycles. The summed E-state index contributed by atoms with van der Waals surface area (Å²) in [7, 11) is 1.78. The van der Waals surface area contributed by atoms with Gasteiger partial charge >= 0.3 is 0 Å². The molecule has 0 bridgehead atoms. The highest BCUT2D eigenvalue weighted by molar-refractivity contribution is 5.94. The van der Waals surface area contributed by atoms with Gasteiger partial charge in [0.25, 0.3) is 5.91 Å². The van der Waals surface area contributed by atoms with Gasteiger partial charge < -0.3 is 14.7 Å². The number of carbonyl (C=O) groups is 2. The Hall–Kier alpha value is -2.81. The molecule has 0 radical (unpaired) electrons. The smallest absolute Gasteiger partial charge is 0.273 e. The number of amides is 2. The summed E-state index contributed by atoms with van der Waals surface area (Å²) in [4.78, 5) is 30.3. The minimum Gasteiger partial charge on any atom is -0.355 e. The number of likely N-dealkylation sites (tertiary alicyclic amines) is 1. The van der Waals surface area contributed by atoms with Crippen LogP contribution >= 0.6 is 0 Å². The molecule has 2 aliphatic rings. The van der Waals surface area contributed by atoms with Crippen LogP contribution in [0.4, 0.5) is 8.78 Å². The third-order valence-corrected chi connectivity index (χ3v) is 7.16. The van der Waals surface area contributed by atoms with Gasteiger partial charge in [0.1, 0.15) is 11.6 Å². The van der Waals surface area contributed by atoms with Crippen LogP contribution in [0.25, 0.3) is 11.3 Å². The van der Waals surface area contributed by atoms with E-state index in [9.17, 15) is 18.4 Å². The Morgan fingerprint density at radius 2 is 1.94 bits per heavy atom. The van der Waals surface area contributed by atoms with E-state index < -0.39 is 17.5 Å². The largest absolute Gasteiger partial charge is 0.355 e. The van der Waals surface area contributed by atoms with Crippen LogP contribution < -0.4 is 5.32 Å². The van der Waals surface area contributed by atoms with E-state index in [2.05, 4.69) is 15.4 Å². The van der Waals surface area contributed by atoms with Gasteiger partial charge in [0.2, 0.25) is 5.91 Å². The van der Waals surface area contributed by atoms with Crippen molar-refractivity contribution in [1.29, 1.82) is 0 Å². The standard InChI is InChI=1S/C25H32F2N4O3/c1-3-30(2)25(33)19-15-31(17-7-5-4-6-8-17)12-11-21(19)28-24(32)22-14-23(34-29-22)18-10-9-16(26)13-20(18)27/h9-10,13-14,17,19,21H,3-8,11-12,15H2,1-2H3,(H,28,32). The minimum absolute atomic E-state index is 0.0107. The first-order valence-electron chi connectivity index (χ1n) is 12.1. The third-order valence-electron chi connectivity index (χ3n) is 7.16. The van der Waals surface area contributed by atoms with Crippen molar-refractivity contribution in [1.82, 2.24) is 20.3 Å². The molecule has 2 aromatic rings. The van der Waals surface area contributed by atoms with E-state index in [-0.39, 0.29) is 34.9 Å². The maximum absolute atomic E-state index is 14.1. The maximum atomic E-state index is 14.1. The molecule has 4 rings (SSSR count). The molecule has 9 heteroatoms. The molecular formula is C25H32F2N4O3. The maximum Gasteiger partial charge on any atom is 0.273 e. The van der Waals surface area contributed by atoms with Gasteiger partial charge in [-0.05, 0) is 38.3 Å². The van der Waals surface area contributed by atoms with Gasteiger partial charge in [0.05, 0.1) is 11.5 Å². The number of carbonyl (C=O) groups excluding carboxylic acids is 2. The molecule has 1 aliphatic heterocycles. The van der Waals surface area contributed by atoms with Crippen LogP contribution in [0.3, 0.4) is 0 Å². The van der Waals surface area contributed by atoms with Gasteiger partial charge in [-0.3, -0.25) is 14.5 Å². The van der Waals surface area contributed by atoms with Crippen molar-refractivity contribution >= 4 is 11.8 Å². The first-order valence-corrected chi connectivity index (χ1v) is 12.1. The number of nitrogens with zero attached hydrogens (tertiary/aromatic N) is 3. The van der Waals surface area contributed by atoms with Crippen molar-refractivity contribution in [2.24, 2.45) is 5.92 Å². The van der Waals surface area contributed by atoms with Crippen LogP contribution in [0.2, 0.25) is 0 Å². The quantitative estimate of drug-likeness (QED) is 0.688. The Morgan fingerprint density at radius 3 is 2.65 bits per heavy atom. The van der Waals surface area contributed by atoms with Crippen LogP contribution in [-0.4, -0.2) is 65.5 Å². The summed E-state index contributed by atoms with van der Waals surface area (Å²) in [6.07, 6.45) is 6.68. The summed E-state index contributed by atoms with van der Waals surface area (Å²) in [5, 5.41) is 6.75. The van der Waals surface area contributed by atoms with Gasteiger partial charge in [0.15, 0.2) is 11.5 Å². The summed E-state index contributed by atoms with van der Waals surface area (Å²) in [6.45, 7) is 3.96. The van der Waals surface area contributed by atoms with Crippen LogP contribution in [0.1, 0.15) is 55.9 Å². The molecule has 1 saturated carbocycles. The molecule has 0 spiro atoms. The normalized spacial score (nSPS) is 21.9. The van der Waals surface area contributed by atoms with Crippen molar-refractivity contribution in [3.05, 3.63) is 41.6 Å². The SMILES string of the molecule is CCN(C)C(=O)C1CN(C2CCCCC2)CCC1NC(=O)c1cc(-c2ccc(F)cc2F)on1. The molecule has 2 unspecified atom stereocenters. The van der Waals surface area contributed by atoms with Crippen molar-refractivity contribution in [2.75, 3.05) is 26.7 Å².